The topological polar surface area (TPSA) is 56.5 Å². The summed E-state index contributed by atoms with van der Waals surface area (Å²) in [7, 11) is 3.34. The van der Waals surface area contributed by atoms with E-state index in [-0.39, 0.29) is 6.04 Å². The van der Waals surface area contributed by atoms with Crippen molar-refractivity contribution in [3.63, 3.8) is 0 Å². The SMILES string of the molecule is COc1ccc(OC)c(C(CN)NC2CC2)c1. The Balaban J connectivity index is 2.24. The number of nitrogens with two attached hydrogens (primary N) is 1. The monoisotopic (exact) mass is 236 g/mol. The lowest BCUT2D eigenvalue weighted by Crippen LogP contribution is -2.30. The summed E-state index contributed by atoms with van der Waals surface area (Å²) in [4.78, 5) is 0. The van der Waals surface area contributed by atoms with E-state index in [4.69, 9.17) is 15.2 Å². The van der Waals surface area contributed by atoms with Gasteiger partial charge in [-0.05, 0) is 31.0 Å². The maximum Gasteiger partial charge on any atom is 0.123 e. The minimum absolute atomic E-state index is 0.132. The van der Waals surface area contributed by atoms with Gasteiger partial charge in [-0.15, -0.1) is 0 Å². The van der Waals surface area contributed by atoms with Crippen molar-refractivity contribution in [2.45, 2.75) is 24.9 Å². The highest BCUT2D eigenvalue weighted by Crippen LogP contribution is 2.31. The lowest BCUT2D eigenvalue weighted by Gasteiger charge is -2.20. The summed E-state index contributed by atoms with van der Waals surface area (Å²) in [6.45, 7) is 0.556. The van der Waals surface area contributed by atoms with Crippen molar-refractivity contribution in [1.82, 2.24) is 5.32 Å². The molecule has 17 heavy (non-hydrogen) atoms. The molecule has 0 spiro atoms. The summed E-state index contributed by atoms with van der Waals surface area (Å²) in [6, 6.07) is 6.55. The summed E-state index contributed by atoms with van der Waals surface area (Å²) in [5.41, 5.74) is 6.91. The third-order valence-electron chi connectivity index (χ3n) is 3.06. The molecule has 1 aliphatic carbocycles. The third-order valence-corrected chi connectivity index (χ3v) is 3.06. The molecular weight excluding hydrogens is 216 g/mol. The molecule has 94 valence electrons. The maximum atomic E-state index is 5.84. The van der Waals surface area contributed by atoms with E-state index in [9.17, 15) is 0 Å². The Kier molecular flexibility index (Phi) is 3.86. The largest absolute Gasteiger partial charge is 0.497 e. The fourth-order valence-corrected chi connectivity index (χ4v) is 1.93. The van der Waals surface area contributed by atoms with Gasteiger partial charge in [-0.1, -0.05) is 0 Å². The molecule has 0 bridgehead atoms. The first-order valence-corrected chi connectivity index (χ1v) is 5.96. The number of hydrogen-bond donors (Lipinski definition) is 2. The first-order chi connectivity index (χ1) is 8.28. The lowest BCUT2D eigenvalue weighted by molar-refractivity contribution is 0.389. The normalized spacial score (nSPS) is 16.6. The first kappa shape index (κ1) is 12.2. The van der Waals surface area contributed by atoms with E-state index in [1.165, 1.54) is 12.8 Å². The van der Waals surface area contributed by atoms with Gasteiger partial charge in [0.05, 0.1) is 14.2 Å². The van der Waals surface area contributed by atoms with Crippen LogP contribution in [0.5, 0.6) is 11.5 Å². The molecule has 0 aliphatic heterocycles. The van der Waals surface area contributed by atoms with Crippen molar-refractivity contribution < 1.29 is 9.47 Å². The molecule has 1 unspecified atom stereocenters. The highest BCUT2D eigenvalue weighted by molar-refractivity contribution is 5.42. The molecule has 1 aromatic rings. The highest BCUT2D eigenvalue weighted by atomic mass is 16.5. The Hall–Kier alpha value is -1.26. The predicted molar refractivity (Wildman–Crippen MR) is 67.5 cm³/mol. The molecule has 4 heteroatoms. The van der Waals surface area contributed by atoms with Gasteiger partial charge in [0.1, 0.15) is 11.5 Å². The summed E-state index contributed by atoms with van der Waals surface area (Å²) >= 11 is 0. The second-order valence-electron chi connectivity index (χ2n) is 4.34. The molecule has 1 fully saturated rings. The van der Waals surface area contributed by atoms with E-state index in [0.717, 1.165) is 17.1 Å². The average Bonchev–Trinajstić information content (AvgIpc) is 3.19. The number of benzene rings is 1. The van der Waals surface area contributed by atoms with Crippen molar-refractivity contribution in [3.8, 4) is 11.5 Å². The zero-order valence-corrected chi connectivity index (χ0v) is 10.4. The van der Waals surface area contributed by atoms with E-state index in [1.54, 1.807) is 14.2 Å². The Bertz CT molecular complexity index is 378. The van der Waals surface area contributed by atoms with Crippen LogP contribution in [0.1, 0.15) is 24.4 Å². The van der Waals surface area contributed by atoms with Gasteiger partial charge < -0.3 is 20.5 Å². The van der Waals surface area contributed by atoms with E-state index in [2.05, 4.69) is 5.32 Å². The highest BCUT2D eigenvalue weighted by Gasteiger charge is 2.26. The lowest BCUT2D eigenvalue weighted by atomic mass is 10.1. The Morgan fingerprint density at radius 3 is 2.65 bits per heavy atom. The van der Waals surface area contributed by atoms with Crippen LogP contribution in [-0.4, -0.2) is 26.8 Å². The van der Waals surface area contributed by atoms with Crippen molar-refractivity contribution in [3.05, 3.63) is 23.8 Å². The van der Waals surface area contributed by atoms with Crippen molar-refractivity contribution in [2.75, 3.05) is 20.8 Å². The van der Waals surface area contributed by atoms with Crippen LogP contribution in [0.4, 0.5) is 0 Å². The molecule has 2 rings (SSSR count). The fraction of sp³-hybridized carbons (Fsp3) is 0.538. The second-order valence-corrected chi connectivity index (χ2v) is 4.34. The minimum Gasteiger partial charge on any atom is -0.497 e. The number of rotatable bonds is 6. The number of methoxy groups -OCH3 is 2. The van der Waals surface area contributed by atoms with E-state index >= 15 is 0 Å². The van der Waals surface area contributed by atoms with Gasteiger partial charge in [0.2, 0.25) is 0 Å². The molecule has 1 aromatic carbocycles. The minimum atomic E-state index is 0.132. The Morgan fingerprint density at radius 2 is 2.12 bits per heavy atom. The number of hydrogen-bond acceptors (Lipinski definition) is 4. The van der Waals surface area contributed by atoms with E-state index in [0.29, 0.717) is 12.6 Å². The predicted octanol–water partition coefficient (Wildman–Crippen LogP) is 1.46. The summed E-state index contributed by atoms with van der Waals surface area (Å²) in [5, 5.41) is 3.52. The molecule has 4 nitrogen and oxygen atoms in total. The van der Waals surface area contributed by atoms with Crippen LogP contribution in [0.2, 0.25) is 0 Å². The third kappa shape index (κ3) is 2.90. The van der Waals surface area contributed by atoms with Gasteiger partial charge in [-0.25, -0.2) is 0 Å². The van der Waals surface area contributed by atoms with E-state index in [1.807, 2.05) is 18.2 Å². The van der Waals surface area contributed by atoms with Gasteiger partial charge in [0.15, 0.2) is 0 Å². The van der Waals surface area contributed by atoms with Crippen LogP contribution >= 0.6 is 0 Å². The molecule has 0 heterocycles. The Morgan fingerprint density at radius 1 is 1.35 bits per heavy atom. The van der Waals surface area contributed by atoms with E-state index < -0.39 is 0 Å². The second kappa shape index (κ2) is 5.38. The van der Waals surface area contributed by atoms with Gasteiger partial charge in [0.25, 0.3) is 0 Å². The van der Waals surface area contributed by atoms with Gasteiger partial charge in [-0.3, -0.25) is 0 Å². The van der Waals surface area contributed by atoms with Crippen molar-refractivity contribution in [2.24, 2.45) is 5.73 Å². The summed E-state index contributed by atoms with van der Waals surface area (Å²) < 4.78 is 10.6. The van der Waals surface area contributed by atoms with Crippen LogP contribution in [0.25, 0.3) is 0 Å². The smallest absolute Gasteiger partial charge is 0.123 e. The van der Waals surface area contributed by atoms with Crippen LogP contribution in [-0.2, 0) is 0 Å². The maximum absolute atomic E-state index is 5.84. The molecule has 3 N–H and O–H groups in total. The molecule has 0 aromatic heterocycles. The number of ether oxygens (including phenoxy) is 2. The van der Waals surface area contributed by atoms with Crippen molar-refractivity contribution in [1.29, 1.82) is 0 Å². The standard InChI is InChI=1S/C13H20N2O2/c1-16-10-5-6-13(17-2)11(7-10)12(8-14)15-9-3-4-9/h5-7,9,12,15H,3-4,8,14H2,1-2H3. The molecule has 0 saturated heterocycles. The van der Waals surface area contributed by atoms with Crippen molar-refractivity contribution >= 4 is 0 Å². The molecule has 0 radical (unpaired) electrons. The molecule has 0 amide bonds. The zero-order valence-electron chi connectivity index (χ0n) is 10.4. The van der Waals surface area contributed by atoms with Crippen LogP contribution in [0, 0.1) is 0 Å². The van der Waals surface area contributed by atoms with Gasteiger partial charge in [0, 0.05) is 24.2 Å². The van der Waals surface area contributed by atoms with Gasteiger partial charge >= 0.3 is 0 Å². The van der Waals surface area contributed by atoms with Crippen LogP contribution in [0.15, 0.2) is 18.2 Å². The molecule has 1 saturated carbocycles. The zero-order chi connectivity index (χ0) is 12.3. The summed E-state index contributed by atoms with van der Waals surface area (Å²) in [5.74, 6) is 1.69. The molecular formula is C13H20N2O2. The Labute approximate surface area is 102 Å². The van der Waals surface area contributed by atoms with Crippen LogP contribution in [0.3, 0.4) is 0 Å². The molecule has 1 aliphatic rings. The first-order valence-electron chi connectivity index (χ1n) is 5.96. The van der Waals surface area contributed by atoms with Crippen LogP contribution < -0.4 is 20.5 Å². The average molecular weight is 236 g/mol. The fourth-order valence-electron chi connectivity index (χ4n) is 1.93. The van der Waals surface area contributed by atoms with Gasteiger partial charge in [-0.2, -0.15) is 0 Å². The quantitative estimate of drug-likeness (QED) is 0.785. The molecule has 1 atom stereocenters. The summed E-state index contributed by atoms with van der Waals surface area (Å²) in [6.07, 6.45) is 2.48. The number of nitrogens with one attached hydrogen (secondary N) is 1.